The number of carbonyl (C=O) groups excluding carboxylic acids is 1. The van der Waals surface area contributed by atoms with Gasteiger partial charge >= 0.3 is 12.0 Å². The van der Waals surface area contributed by atoms with Crippen LogP contribution >= 0.6 is 0 Å². The zero-order chi connectivity index (χ0) is 13.5. The van der Waals surface area contributed by atoms with Gasteiger partial charge in [0.25, 0.3) is 0 Å². The summed E-state index contributed by atoms with van der Waals surface area (Å²) in [5, 5.41) is 17.7. The molecule has 8 nitrogen and oxygen atoms in total. The summed E-state index contributed by atoms with van der Waals surface area (Å²) in [5.74, 6) is -0.492. The number of nitrogens with one attached hydrogen (secondary N) is 2. The first-order valence-electron chi connectivity index (χ1n) is 5.63. The number of H-pyrrole nitrogens is 1. The molecule has 3 N–H and O–H groups in total. The summed E-state index contributed by atoms with van der Waals surface area (Å²) in [5.41, 5.74) is 0. The first kappa shape index (κ1) is 13.9. The molecule has 0 aliphatic heterocycles. The third-order valence-electron chi connectivity index (χ3n) is 2.37. The van der Waals surface area contributed by atoms with Crippen molar-refractivity contribution in [3.8, 4) is 0 Å². The predicted octanol–water partition coefficient (Wildman–Crippen LogP) is 0.199. The van der Waals surface area contributed by atoms with Gasteiger partial charge in [0.05, 0.1) is 6.54 Å². The molecule has 1 heterocycles. The lowest BCUT2D eigenvalue weighted by atomic mass is 10.2. The molecule has 1 aromatic rings. The molecular weight excluding hydrogens is 238 g/mol. The Kier molecular flexibility index (Phi) is 5.09. The number of hydrogen-bond acceptors (Lipinski definition) is 4. The summed E-state index contributed by atoms with van der Waals surface area (Å²) in [6.45, 7) is 2.10. The summed E-state index contributed by atoms with van der Waals surface area (Å²) in [7, 11) is 1.56. The second-order valence-corrected chi connectivity index (χ2v) is 3.92. The second-order valence-electron chi connectivity index (χ2n) is 3.92. The molecule has 0 spiro atoms. The number of hydrogen-bond donors (Lipinski definition) is 3. The Bertz CT molecular complexity index is 392. The molecule has 1 unspecified atom stereocenters. The first-order valence-corrected chi connectivity index (χ1v) is 5.63. The molecule has 1 atom stereocenters. The van der Waals surface area contributed by atoms with E-state index >= 15 is 0 Å². The molecule has 18 heavy (non-hydrogen) atoms. The third-order valence-corrected chi connectivity index (χ3v) is 2.37. The molecule has 100 valence electrons. The van der Waals surface area contributed by atoms with E-state index in [0.29, 0.717) is 18.7 Å². The van der Waals surface area contributed by atoms with E-state index in [1.807, 2.05) is 6.92 Å². The van der Waals surface area contributed by atoms with Crippen LogP contribution in [0.2, 0.25) is 0 Å². The lowest BCUT2D eigenvalue weighted by Gasteiger charge is -2.20. The number of carbonyl (C=O) groups is 2. The summed E-state index contributed by atoms with van der Waals surface area (Å²) >= 11 is 0. The van der Waals surface area contributed by atoms with Crippen LogP contribution in [0.5, 0.6) is 0 Å². The highest BCUT2D eigenvalue weighted by molar-refractivity contribution is 5.82. The van der Waals surface area contributed by atoms with Gasteiger partial charge in [0, 0.05) is 7.05 Å². The standard InChI is InChI=1S/C10H17N5O3/c1-3-4-7(9(16)17)13-10(18)15(2)5-8-11-6-12-14-8/h6-7H,3-5H2,1-2H3,(H,13,18)(H,16,17)(H,11,12,14). The number of carboxylic acid groups (broad SMARTS) is 1. The molecule has 0 radical (unpaired) electrons. The van der Waals surface area contributed by atoms with Crippen LogP contribution in [0.1, 0.15) is 25.6 Å². The van der Waals surface area contributed by atoms with Gasteiger partial charge in [-0.25, -0.2) is 14.6 Å². The number of amides is 2. The average Bonchev–Trinajstić information content (AvgIpc) is 2.80. The normalized spacial score (nSPS) is 11.9. The minimum atomic E-state index is -1.03. The molecule has 1 aromatic heterocycles. The smallest absolute Gasteiger partial charge is 0.326 e. The van der Waals surface area contributed by atoms with Crippen molar-refractivity contribution >= 4 is 12.0 Å². The van der Waals surface area contributed by atoms with Crippen molar-refractivity contribution in [2.75, 3.05) is 7.05 Å². The first-order chi connectivity index (χ1) is 8.54. The Hall–Kier alpha value is -2.12. The van der Waals surface area contributed by atoms with E-state index in [0.717, 1.165) is 0 Å². The van der Waals surface area contributed by atoms with E-state index in [2.05, 4.69) is 20.5 Å². The van der Waals surface area contributed by atoms with E-state index in [9.17, 15) is 9.59 Å². The van der Waals surface area contributed by atoms with E-state index in [4.69, 9.17) is 5.11 Å². The molecule has 0 saturated heterocycles. The van der Waals surface area contributed by atoms with Crippen LogP contribution < -0.4 is 5.32 Å². The Balaban J connectivity index is 2.50. The molecule has 1 rings (SSSR count). The number of carboxylic acids is 1. The van der Waals surface area contributed by atoms with Gasteiger partial charge in [-0.05, 0) is 6.42 Å². The number of rotatable bonds is 6. The van der Waals surface area contributed by atoms with Crippen LogP contribution in [-0.4, -0.2) is 50.3 Å². The lowest BCUT2D eigenvalue weighted by molar-refractivity contribution is -0.139. The van der Waals surface area contributed by atoms with Crippen molar-refractivity contribution < 1.29 is 14.7 Å². The van der Waals surface area contributed by atoms with Crippen LogP contribution in [0.4, 0.5) is 4.79 Å². The van der Waals surface area contributed by atoms with Gasteiger partial charge in [-0.1, -0.05) is 13.3 Å². The number of aliphatic carboxylic acids is 1. The van der Waals surface area contributed by atoms with Crippen LogP contribution in [0.25, 0.3) is 0 Å². The fourth-order valence-corrected chi connectivity index (χ4v) is 1.41. The fraction of sp³-hybridized carbons (Fsp3) is 0.600. The molecule has 0 saturated carbocycles. The van der Waals surface area contributed by atoms with Crippen molar-refractivity contribution in [1.29, 1.82) is 0 Å². The zero-order valence-corrected chi connectivity index (χ0v) is 10.4. The van der Waals surface area contributed by atoms with Gasteiger partial charge in [-0.15, -0.1) is 0 Å². The average molecular weight is 255 g/mol. The van der Waals surface area contributed by atoms with Gasteiger partial charge in [0.1, 0.15) is 18.2 Å². The summed E-state index contributed by atoms with van der Waals surface area (Å²) in [4.78, 5) is 27.9. The third kappa shape index (κ3) is 4.04. The van der Waals surface area contributed by atoms with E-state index in [-0.39, 0.29) is 6.54 Å². The summed E-state index contributed by atoms with van der Waals surface area (Å²) < 4.78 is 0. The SMILES string of the molecule is CCCC(NC(=O)N(C)Cc1ncn[nH]1)C(=O)O. The second kappa shape index (κ2) is 6.58. The highest BCUT2D eigenvalue weighted by Gasteiger charge is 2.21. The van der Waals surface area contributed by atoms with Crippen LogP contribution in [0.3, 0.4) is 0 Å². The summed E-state index contributed by atoms with van der Waals surface area (Å²) in [6, 6.07) is -1.31. The van der Waals surface area contributed by atoms with Gasteiger partial charge in [0.2, 0.25) is 0 Å². The van der Waals surface area contributed by atoms with Crippen LogP contribution in [0, 0.1) is 0 Å². The van der Waals surface area contributed by atoms with Crippen molar-refractivity contribution in [3.05, 3.63) is 12.2 Å². The monoisotopic (exact) mass is 255 g/mol. The van der Waals surface area contributed by atoms with Crippen molar-refractivity contribution in [2.45, 2.75) is 32.4 Å². The number of urea groups is 1. The highest BCUT2D eigenvalue weighted by atomic mass is 16.4. The van der Waals surface area contributed by atoms with Crippen molar-refractivity contribution in [3.63, 3.8) is 0 Å². The zero-order valence-electron chi connectivity index (χ0n) is 10.4. The lowest BCUT2D eigenvalue weighted by Crippen LogP contribution is -2.46. The fourth-order valence-electron chi connectivity index (χ4n) is 1.41. The van der Waals surface area contributed by atoms with Crippen molar-refractivity contribution in [2.24, 2.45) is 0 Å². The molecule has 0 bridgehead atoms. The molecule has 0 aliphatic carbocycles. The molecule has 0 fully saturated rings. The van der Waals surface area contributed by atoms with Gasteiger partial charge in [-0.3, -0.25) is 5.10 Å². The number of aromatic amines is 1. The van der Waals surface area contributed by atoms with E-state index in [1.165, 1.54) is 11.2 Å². The maximum atomic E-state index is 11.7. The number of aromatic nitrogens is 3. The molecular formula is C10H17N5O3. The Morgan fingerprint density at radius 2 is 2.33 bits per heavy atom. The minimum Gasteiger partial charge on any atom is -0.480 e. The maximum absolute atomic E-state index is 11.7. The molecule has 8 heteroatoms. The number of nitrogens with zero attached hydrogens (tertiary/aromatic N) is 3. The van der Waals surface area contributed by atoms with Gasteiger partial charge < -0.3 is 15.3 Å². The molecule has 0 aromatic carbocycles. The Labute approximate surface area is 104 Å². The minimum absolute atomic E-state index is 0.240. The van der Waals surface area contributed by atoms with Crippen molar-refractivity contribution in [1.82, 2.24) is 25.4 Å². The Morgan fingerprint density at radius 1 is 1.61 bits per heavy atom. The quantitative estimate of drug-likeness (QED) is 0.672. The van der Waals surface area contributed by atoms with E-state index in [1.54, 1.807) is 7.05 Å². The highest BCUT2D eigenvalue weighted by Crippen LogP contribution is 2.00. The largest absolute Gasteiger partial charge is 0.480 e. The topological polar surface area (TPSA) is 111 Å². The maximum Gasteiger partial charge on any atom is 0.326 e. The Morgan fingerprint density at radius 3 is 2.83 bits per heavy atom. The van der Waals surface area contributed by atoms with Gasteiger partial charge in [-0.2, -0.15) is 5.10 Å². The molecule has 0 aliphatic rings. The molecule has 2 amide bonds. The van der Waals surface area contributed by atoms with Crippen LogP contribution in [0.15, 0.2) is 6.33 Å². The van der Waals surface area contributed by atoms with E-state index < -0.39 is 18.0 Å². The van der Waals surface area contributed by atoms with Gasteiger partial charge in [0.15, 0.2) is 0 Å². The predicted molar refractivity (Wildman–Crippen MR) is 62.7 cm³/mol. The van der Waals surface area contributed by atoms with Crippen LogP contribution in [-0.2, 0) is 11.3 Å². The summed E-state index contributed by atoms with van der Waals surface area (Å²) in [6.07, 6.45) is 2.43.